The van der Waals surface area contributed by atoms with E-state index >= 15 is 0 Å². The SMILES string of the molecule is CC(=O)Cc1cc(-c2cn(-c3ccc(Cl)cc3Cl)c(-c3ccnn3COCC[Si](C)(C)C)n2)c(C)cn1. The predicted octanol–water partition coefficient (Wildman–Crippen LogP) is 6.86. The summed E-state index contributed by atoms with van der Waals surface area (Å²) in [5.74, 6) is 0.717. The first kappa shape index (κ1) is 27.3. The number of ether oxygens (including phenoxy) is 1. The van der Waals surface area contributed by atoms with Gasteiger partial charge in [0.15, 0.2) is 5.82 Å². The molecule has 1 aromatic carbocycles. The van der Waals surface area contributed by atoms with Crippen molar-refractivity contribution in [3.05, 3.63) is 70.2 Å². The molecular weight excluding hydrogens is 525 g/mol. The van der Waals surface area contributed by atoms with E-state index in [9.17, 15) is 4.79 Å². The first-order valence-electron chi connectivity index (χ1n) is 12.1. The molecule has 0 N–H and O–H groups in total. The molecule has 0 aliphatic heterocycles. The Hall–Kier alpha value is -2.78. The van der Waals surface area contributed by atoms with Crippen LogP contribution in [0.25, 0.3) is 28.5 Å². The largest absolute Gasteiger partial charge is 0.360 e. The lowest BCUT2D eigenvalue weighted by molar-refractivity contribution is -0.116. The third-order valence-electron chi connectivity index (χ3n) is 5.90. The summed E-state index contributed by atoms with van der Waals surface area (Å²) in [5, 5.41) is 5.54. The average Bonchev–Trinajstić information content (AvgIpc) is 3.44. The number of aryl methyl sites for hydroxylation is 1. The van der Waals surface area contributed by atoms with Crippen LogP contribution in [-0.2, 0) is 22.7 Å². The highest BCUT2D eigenvalue weighted by atomic mass is 35.5. The number of imidazole rings is 1. The van der Waals surface area contributed by atoms with Crippen LogP contribution in [0, 0.1) is 6.92 Å². The van der Waals surface area contributed by atoms with Gasteiger partial charge in [-0.05, 0) is 55.8 Å². The number of pyridine rings is 1. The molecule has 0 aliphatic rings. The average molecular weight is 557 g/mol. The number of rotatable bonds is 10. The molecular formula is C27H31Cl2N5O2Si. The van der Waals surface area contributed by atoms with E-state index in [0.717, 1.165) is 34.2 Å². The van der Waals surface area contributed by atoms with E-state index in [1.165, 1.54) is 0 Å². The Morgan fingerprint density at radius 3 is 2.62 bits per heavy atom. The summed E-state index contributed by atoms with van der Waals surface area (Å²) in [4.78, 5) is 21.1. The third kappa shape index (κ3) is 6.76. The predicted molar refractivity (Wildman–Crippen MR) is 151 cm³/mol. The summed E-state index contributed by atoms with van der Waals surface area (Å²) >= 11 is 12.8. The lowest BCUT2D eigenvalue weighted by atomic mass is 10.1. The maximum absolute atomic E-state index is 11.7. The molecule has 0 spiro atoms. The van der Waals surface area contributed by atoms with Gasteiger partial charge >= 0.3 is 0 Å². The lowest BCUT2D eigenvalue weighted by Crippen LogP contribution is -2.22. The van der Waals surface area contributed by atoms with Crippen LogP contribution < -0.4 is 0 Å². The highest BCUT2D eigenvalue weighted by molar-refractivity contribution is 6.76. The second-order valence-corrected chi connectivity index (χ2v) is 16.8. The minimum absolute atomic E-state index is 0.0551. The van der Waals surface area contributed by atoms with E-state index in [-0.39, 0.29) is 12.2 Å². The number of hydrogen-bond donors (Lipinski definition) is 0. The first-order valence-corrected chi connectivity index (χ1v) is 16.6. The van der Waals surface area contributed by atoms with Crippen LogP contribution in [0.1, 0.15) is 18.2 Å². The molecule has 0 saturated carbocycles. The van der Waals surface area contributed by atoms with Gasteiger partial charge in [0, 0.05) is 56.0 Å². The number of benzene rings is 1. The zero-order valence-electron chi connectivity index (χ0n) is 21.8. The summed E-state index contributed by atoms with van der Waals surface area (Å²) in [6, 6.07) is 10.3. The normalized spacial score (nSPS) is 11.8. The van der Waals surface area contributed by atoms with Gasteiger partial charge in [-0.15, -0.1) is 0 Å². The fourth-order valence-corrected chi connectivity index (χ4v) is 5.16. The van der Waals surface area contributed by atoms with Gasteiger partial charge < -0.3 is 4.74 Å². The molecule has 37 heavy (non-hydrogen) atoms. The minimum Gasteiger partial charge on any atom is -0.360 e. The van der Waals surface area contributed by atoms with Crippen molar-refractivity contribution in [2.45, 2.75) is 52.7 Å². The monoisotopic (exact) mass is 555 g/mol. The number of carbonyl (C=O) groups is 1. The molecule has 10 heteroatoms. The van der Waals surface area contributed by atoms with E-state index in [0.29, 0.717) is 34.9 Å². The summed E-state index contributed by atoms with van der Waals surface area (Å²) < 4.78 is 9.72. The maximum atomic E-state index is 11.7. The fraction of sp³-hybridized carbons (Fsp3) is 0.333. The molecule has 3 heterocycles. The molecule has 0 bridgehead atoms. The number of hydrogen-bond acceptors (Lipinski definition) is 5. The van der Waals surface area contributed by atoms with Gasteiger partial charge in [-0.25, -0.2) is 9.67 Å². The minimum atomic E-state index is -1.20. The maximum Gasteiger partial charge on any atom is 0.163 e. The van der Waals surface area contributed by atoms with Crippen LogP contribution in [0.2, 0.25) is 35.7 Å². The van der Waals surface area contributed by atoms with Gasteiger partial charge in [0.1, 0.15) is 18.2 Å². The van der Waals surface area contributed by atoms with Crippen molar-refractivity contribution in [3.8, 4) is 28.5 Å². The van der Waals surface area contributed by atoms with Crippen LogP contribution >= 0.6 is 23.2 Å². The van der Waals surface area contributed by atoms with Crippen molar-refractivity contribution in [2.75, 3.05) is 6.61 Å². The Balaban J connectivity index is 1.78. The zero-order chi connectivity index (χ0) is 26.7. The number of carbonyl (C=O) groups excluding carboxylic acids is 1. The van der Waals surface area contributed by atoms with Crippen molar-refractivity contribution >= 4 is 37.1 Å². The zero-order valence-corrected chi connectivity index (χ0v) is 24.3. The fourth-order valence-electron chi connectivity index (χ4n) is 3.90. The van der Waals surface area contributed by atoms with E-state index in [1.54, 1.807) is 36.1 Å². The second-order valence-electron chi connectivity index (χ2n) is 10.3. The molecule has 0 unspecified atom stereocenters. The Bertz CT molecular complexity index is 1420. The number of aromatic nitrogens is 5. The van der Waals surface area contributed by atoms with Crippen LogP contribution in [0.3, 0.4) is 0 Å². The molecule has 0 radical (unpaired) electrons. The Kier molecular flexibility index (Phi) is 8.33. The van der Waals surface area contributed by atoms with Gasteiger partial charge in [0.2, 0.25) is 0 Å². The molecule has 0 atom stereocenters. The number of halogens is 2. The Labute approximate surface area is 228 Å². The quantitative estimate of drug-likeness (QED) is 0.158. The number of nitrogens with zero attached hydrogens (tertiary/aromatic N) is 5. The van der Waals surface area contributed by atoms with E-state index in [2.05, 4.69) is 29.7 Å². The van der Waals surface area contributed by atoms with Gasteiger partial charge in [0.25, 0.3) is 0 Å². The van der Waals surface area contributed by atoms with Crippen molar-refractivity contribution in [1.29, 1.82) is 0 Å². The van der Waals surface area contributed by atoms with E-state index < -0.39 is 8.07 Å². The number of ketones is 1. The van der Waals surface area contributed by atoms with Crippen LogP contribution in [0.4, 0.5) is 0 Å². The molecule has 3 aromatic heterocycles. The molecule has 7 nitrogen and oxygen atoms in total. The van der Waals surface area contributed by atoms with Crippen LogP contribution in [0.15, 0.2) is 48.9 Å². The van der Waals surface area contributed by atoms with Gasteiger partial charge in [-0.1, -0.05) is 42.8 Å². The topological polar surface area (TPSA) is 74.8 Å². The molecule has 0 fully saturated rings. The van der Waals surface area contributed by atoms with Crippen LogP contribution in [0.5, 0.6) is 0 Å². The molecule has 0 aliphatic carbocycles. The Morgan fingerprint density at radius 1 is 1.14 bits per heavy atom. The molecule has 4 rings (SSSR count). The Morgan fingerprint density at radius 2 is 1.92 bits per heavy atom. The summed E-state index contributed by atoms with van der Waals surface area (Å²) in [6.07, 6.45) is 5.72. The number of Topliss-reactive ketones (excluding diaryl/α,β-unsaturated/α-hetero) is 1. The third-order valence-corrected chi connectivity index (χ3v) is 8.14. The van der Waals surface area contributed by atoms with Crippen molar-refractivity contribution < 1.29 is 9.53 Å². The first-order chi connectivity index (χ1) is 17.5. The van der Waals surface area contributed by atoms with Crippen molar-refractivity contribution in [1.82, 2.24) is 24.3 Å². The molecule has 194 valence electrons. The van der Waals surface area contributed by atoms with Crippen LogP contribution in [-0.4, -0.2) is 44.8 Å². The highest BCUT2D eigenvalue weighted by Gasteiger charge is 2.20. The van der Waals surface area contributed by atoms with Gasteiger partial charge in [-0.3, -0.25) is 14.3 Å². The van der Waals surface area contributed by atoms with Gasteiger partial charge in [-0.2, -0.15) is 5.10 Å². The standard InChI is InChI=1S/C27H31Cl2N5O2Si/c1-18-15-30-21(12-19(2)35)14-22(18)24-16-33(25-7-6-20(28)13-23(25)29)27(32-24)26-8-9-31-34(26)17-36-10-11-37(3,4)5/h6-9,13-16H,10-12,17H2,1-5H3. The summed E-state index contributed by atoms with van der Waals surface area (Å²) in [6.45, 7) is 11.5. The highest BCUT2D eigenvalue weighted by Crippen LogP contribution is 2.33. The molecule has 4 aromatic rings. The smallest absolute Gasteiger partial charge is 0.163 e. The van der Waals surface area contributed by atoms with E-state index in [1.807, 2.05) is 35.9 Å². The van der Waals surface area contributed by atoms with E-state index in [4.69, 9.17) is 32.9 Å². The summed E-state index contributed by atoms with van der Waals surface area (Å²) in [7, 11) is -1.20. The molecule has 0 saturated heterocycles. The van der Waals surface area contributed by atoms with Crippen molar-refractivity contribution in [2.24, 2.45) is 0 Å². The lowest BCUT2D eigenvalue weighted by Gasteiger charge is -2.16. The summed E-state index contributed by atoms with van der Waals surface area (Å²) in [5.41, 5.74) is 4.82. The van der Waals surface area contributed by atoms with Gasteiger partial charge in [0.05, 0.1) is 16.4 Å². The van der Waals surface area contributed by atoms with Crippen molar-refractivity contribution in [3.63, 3.8) is 0 Å². The second kappa shape index (κ2) is 11.3. The molecule has 0 amide bonds.